The largest absolute Gasteiger partial charge is 0.373 e. The van der Waals surface area contributed by atoms with Crippen LogP contribution in [0.1, 0.15) is 39.0 Å². The highest BCUT2D eigenvalue weighted by molar-refractivity contribution is 7.90. The van der Waals surface area contributed by atoms with Crippen molar-refractivity contribution in [2.45, 2.75) is 63.9 Å². The van der Waals surface area contributed by atoms with Crippen molar-refractivity contribution < 1.29 is 13.2 Å². The van der Waals surface area contributed by atoms with Crippen LogP contribution < -0.4 is 0 Å². The quantitative estimate of drug-likeness (QED) is 0.708. The molecule has 0 bridgehead atoms. The first-order valence-corrected chi connectivity index (χ1v) is 11.6. The molecule has 1 saturated heterocycles. The summed E-state index contributed by atoms with van der Waals surface area (Å²) in [6.07, 6.45) is 2.07. The van der Waals surface area contributed by atoms with E-state index in [0.29, 0.717) is 19.0 Å². The van der Waals surface area contributed by atoms with E-state index in [1.807, 2.05) is 34.9 Å². The number of morpholine rings is 1. The van der Waals surface area contributed by atoms with Gasteiger partial charge in [-0.1, -0.05) is 44.2 Å². The first-order valence-electron chi connectivity index (χ1n) is 9.93. The fourth-order valence-corrected chi connectivity index (χ4v) is 5.33. The molecule has 1 aromatic heterocycles. The zero-order valence-corrected chi connectivity index (χ0v) is 18.0. The van der Waals surface area contributed by atoms with Crippen molar-refractivity contribution >= 4 is 9.84 Å². The van der Waals surface area contributed by atoms with Crippen molar-refractivity contribution in [2.24, 2.45) is 5.92 Å². The van der Waals surface area contributed by atoms with Gasteiger partial charge in [-0.15, -0.1) is 0 Å². The molecule has 7 heteroatoms. The van der Waals surface area contributed by atoms with Crippen molar-refractivity contribution in [2.75, 3.05) is 13.1 Å². The highest BCUT2D eigenvalue weighted by Crippen LogP contribution is 2.21. The van der Waals surface area contributed by atoms with Crippen LogP contribution in [0.3, 0.4) is 0 Å². The van der Waals surface area contributed by atoms with Gasteiger partial charge in [0.25, 0.3) is 0 Å². The predicted octanol–water partition coefficient (Wildman–Crippen LogP) is 3.12. The molecule has 154 valence electrons. The molecule has 1 aliphatic heterocycles. The molecule has 0 N–H and O–H groups in total. The highest BCUT2D eigenvalue weighted by Gasteiger charge is 2.27. The molecule has 1 aliphatic rings. The van der Waals surface area contributed by atoms with E-state index in [1.165, 1.54) is 0 Å². The molecule has 28 heavy (non-hydrogen) atoms. The summed E-state index contributed by atoms with van der Waals surface area (Å²) in [6, 6.07) is 9.28. The van der Waals surface area contributed by atoms with Crippen LogP contribution in [0.25, 0.3) is 0 Å². The molecule has 1 aromatic carbocycles. The number of aromatic nitrogens is 2. The Labute approximate surface area is 168 Å². The summed E-state index contributed by atoms with van der Waals surface area (Å²) in [5, 5.41) is 0.175. The van der Waals surface area contributed by atoms with Crippen LogP contribution in [-0.2, 0) is 33.4 Å². The monoisotopic (exact) mass is 405 g/mol. The summed E-state index contributed by atoms with van der Waals surface area (Å²) >= 11 is 0. The molecule has 1 fully saturated rings. The predicted molar refractivity (Wildman–Crippen MR) is 110 cm³/mol. The van der Waals surface area contributed by atoms with Gasteiger partial charge in [0.2, 0.25) is 15.0 Å². The summed E-state index contributed by atoms with van der Waals surface area (Å²) in [5.74, 6) is 0.287. The topological polar surface area (TPSA) is 64.4 Å². The molecule has 2 heterocycles. The molecule has 2 aromatic rings. The van der Waals surface area contributed by atoms with Gasteiger partial charge in [-0.2, -0.15) is 0 Å². The second-order valence-corrected chi connectivity index (χ2v) is 10.1. The Bertz CT molecular complexity index is 868. The van der Waals surface area contributed by atoms with Gasteiger partial charge in [0, 0.05) is 26.2 Å². The van der Waals surface area contributed by atoms with Gasteiger partial charge < -0.3 is 9.30 Å². The second kappa shape index (κ2) is 8.76. The maximum atomic E-state index is 13.1. The fraction of sp³-hybridized carbons (Fsp3) is 0.571. The van der Waals surface area contributed by atoms with Crippen LogP contribution in [0.5, 0.6) is 0 Å². The molecule has 0 aliphatic carbocycles. The Morgan fingerprint density at radius 2 is 1.79 bits per heavy atom. The summed E-state index contributed by atoms with van der Waals surface area (Å²) < 4.78 is 33.9. The standard InChI is InChI=1S/C21H31N3O3S/c1-16(2)11-24-20(14-23-12-17(3)27-18(4)13-23)10-22-21(24)28(25,26)15-19-8-6-5-7-9-19/h5-10,16-18H,11-15H2,1-4H3/t17-,18+. The van der Waals surface area contributed by atoms with Gasteiger partial charge >= 0.3 is 0 Å². The molecule has 0 radical (unpaired) electrons. The zero-order chi connectivity index (χ0) is 20.3. The molecule has 0 spiro atoms. The number of hydrogen-bond donors (Lipinski definition) is 0. The molecule has 0 unspecified atom stereocenters. The smallest absolute Gasteiger partial charge is 0.228 e. The van der Waals surface area contributed by atoms with E-state index < -0.39 is 9.84 Å². The number of benzene rings is 1. The van der Waals surface area contributed by atoms with Crippen LogP contribution >= 0.6 is 0 Å². The molecular formula is C21H31N3O3S. The highest BCUT2D eigenvalue weighted by atomic mass is 32.2. The third-order valence-corrected chi connectivity index (χ3v) is 6.40. The lowest BCUT2D eigenvalue weighted by Crippen LogP contribution is -2.45. The van der Waals surface area contributed by atoms with Gasteiger partial charge in [0.1, 0.15) is 0 Å². The lowest BCUT2D eigenvalue weighted by Gasteiger charge is -2.35. The van der Waals surface area contributed by atoms with Crippen LogP contribution in [0, 0.1) is 5.92 Å². The minimum Gasteiger partial charge on any atom is -0.373 e. The van der Waals surface area contributed by atoms with E-state index in [1.54, 1.807) is 6.20 Å². The van der Waals surface area contributed by atoms with Crippen molar-refractivity contribution in [3.8, 4) is 0 Å². The molecule has 3 rings (SSSR count). The SMILES string of the molecule is CC(C)Cn1c(CN2C[C@@H](C)O[C@@H](C)C2)cnc1S(=O)(=O)Cc1ccccc1. The van der Waals surface area contributed by atoms with Crippen LogP contribution in [0.15, 0.2) is 41.7 Å². The summed E-state index contributed by atoms with van der Waals surface area (Å²) in [4.78, 5) is 6.68. The maximum absolute atomic E-state index is 13.1. The average molecular weight is 406 g/mol. The molecule has 0 amide bonds. The minimum atomic E-state index is -3.52. The van der Waals surface area contributed by atoms with Crippen molar-refractivity contribution in [1.29, 1.82) is 0 Å². The van der Waals surface area contributed by atoms with E-state index in [4.69, 9.17) is 4.74 Å². The van der Waals surface area contributed by atoms with E-state index >= 15 is 0 Å². The van der Waals surface area contributed by atoms with Gasteiger partial charge in [-0.3, -0.25) is 4.90 Å². The van der Waals surface area contributed by atoms with Gasteiger partial charge in [-0.25, -0.2) is 13.4 Å². The fourth-order valence-electron chi connectivity index (χ4n) is 3.83. The Morgan fingerprint density at radius 3 is 2.39 bits per heavy atom. The Balaban J connectivity index is 1.87. The average Bonchev–Trinajstić information content (AvgIpc) is 2.97. The van der Waals surface area contributed by atoms with Crippen LogP contribution in [0.4, 0.5) is 0 Å². The van der Waals surface area contributed by atoms with E-state index in [0.717, 1.165) is 24.3 Å². The number of nitrogens with zero attached hydrogens (tertiary/aromatic N) is 3. The molecule has 6 nitrogen and oxygen atoms in total. The van der Waals surface area contributed by atoms with Crippen molar-refractivity contribution in [3.05, 3.63) is 47.8 Å². The Morgan fingerprint density at radius 1 is 1.14 bits per heavy atom. The molecule has 0 saturated carbocycles. The lowest BCUT2D eigenvalue weighted by atomic mass is 10.2. The third kappa shape index (κ3) is 5.21. The molecule has 2 atom stereocenters. The van der Waals surface area contributed by atoms with Crippen LogP contribution in [0.2, 0.25) is 0 Å². The van der Waals surface area contributed by atoms with Crippen molar-refractivity contribution in [1.82, 2.24) is 14.5 Å². The number of sulfone groups is 1. The lowest BCUT2D eigenvalue weighted by molar-refractivity contribution is -0.0710. The number of rotatable bonds is 7. The van der Waals surface area contributed by atoms with E-state index in [2.05, 4.69) is 37.6 Å². The summed E-state index contributed by atoms with van der Waals surface area (Å²) in [7, 11) is -3.52. The third-order valence-electron chi connectivity index (χ3n) is 4.81. The van der Waals surface area contributed by atoms with E-state index in [9.17, 15) is 8.42 Å². The van der Waals surface area contributed by atoms with Gasteiger partial charge in [-0.05, 0) is 25.3 Å². The van der Waals surface area contributed by atoms with Gasteiger partial charge in [0.15, 0.2) is 0 Å². The van der Waals surface area contributed by atoms with E-state index in [-0.39, 0.29) is 23.1 Å². The van der Waals surface area contributed by atoms with Crippen LogP contribution in [-0.4, -0.2) is 48.2 Å². The molecular weight excluding hydrogens is 374 g/mol. The normalized spacial score (nSPS) is 21.3. The summed E-state index contributed by atoms with van der Waals surface area (Å²) in [5.41, 5.74) is 1.72. The minimum absolute atomic E-state index is 0.0337. The first kappa shape index (κ1) is 21.0. The Hall–Kier alpha value is -1.70. The number of imidazole rings is 1. The Kier molecular flexibility index (Phi) is 6.58. The maximum Gasteiger partial charge on any atom is 0.228 e. The number of hydrogen-bond acceptors (Lipinski definition) is 5. The second-order valence-electron chi connectivity index (χ2n) is 8.23. The number of ether oxygens (including phenoxy) is 1. The summed E-state index contributed by atoms with van der Waals surface area (Å²) in [6.45, 7) is 11.3. The van der Waals surface area contributed by atoms with Crippen molar-refractivity contribution in [3.63, 3.8) is 0 Å². The first-order chi connectivity index (χ1) is 13.2. The zero-order valence-electron chi connectivity index (χ0n) is 17.2. The van der Waals surface area contributed by atoms with Gasteiger partial charge in [0.05, 0.1) is 29.9 Å².